The van der Waals surface area contributed by atoms with Gasteiger partial charge in [0, 0.05) is 24.0 Å². The molecule has 0 radical (unpaired) electrons. The van der Waals surface area contributed by atoms with Gasteiger partial charge in [-0.15, -0.1) is 11.3 Å². The molecule has 1 N–H and O–H groups in total. The van der Waals surface area contributed by atoms with Gasteiger partial charge in [-0.1, -0.05) is 19.9 Å². The van der Waals surface area contributed by atoms with E-state index < -0.39 is 0 Å². The van der Waals surface area contributed by atoms with Crippen LogP contribution in [0.2, 0.25) is 0 Å². The van der Waals surface area contributed by atoms with Crippen molar-refractivity contribution in [3.05, 3.63) is 40.3 Å². The zero-order valence-corrected chi connectivity index (χ0v) is 15.5. The van der Waals surface area contributed by atoms with Crippen molar-refractivity contribution in [2.24, 2.45) is 5.92 Å². The summed E-state index contributed by atoms with van der Waals surface area (Å²) in [6.45, 7) is 5.74. The molecule has 1 unspecified atom stereocenters. The van der Waals surface area contributed by atoms with Gasteiger partial charge >= 0.3 is 0 Å². The van der Waals surface area contributed by atoms with Crippen LogP contribution in [0.3, 0.4) is 0 Å². The molecule has 2 aromatic rings. The van der Waals surface area contributed by atoms with Crippen LogP contribution in [0.1, 0.15) is 43.3 Å². The monoisotopic (exact) mass is 360 g/mol. The molecule has 25 heavy (non-hydrogen) atoms. The number of hydrogen-bond donors (Lipinski definition) is 1. The summed E-state index contributed by atoms with van der Waals surface area (Å²) in [4.78, 5) is 27.8. The summed E-state index contributed by atoms with van der Waals surface area (Å²) in [5.74, 6) is 0.455. The number of rotatable bonds is 6. The van der Waals surface area contributed by atoms with Gasteiger partial charge in [-0.3, -0.25) is 14.3 Å². The van der Waals surface area contributed by atoms with Crippen molar-refractivity contribution in [1.29, 1.82) is 0 Å². The minimum absolute atomic E-state index is 0.0157. The molecule has 6 nitrogen and oxygen atoms in total. The van der Waals surface area contributed by atoms with Crippen molar-refractivity contribution in [2.45, 2.75) is 45.8 Å². The second-order valence-corrected chi connectivity index (χ2v) is 7.89. The third-order valence-electron chi connectivity index (χ3n) is 4.28. The first-order valence-electron chi connectivity index (χ1n) is 8.62. The molecule has 2 amide bonds. The first kappa shape index (κ1) is 17.7. The van der Waals surface area contributed by atoms with Gasteiger partial charge in [0.15, 0.2) is 0 Å². The number of amides is 2. The smallest absolute Gasteiger partial charge is 0.223 e. The lowest BCUT2D eigenvalue weighted by Crippen LogP contribution is -2.43. The average Bonchev–Trinajstić information content (AvgIpc) is 3.23. The molecule has 1 aliphatic heterocycles. The molecule has 1 atom stereocenters. The highest BCUT2D eigenvalue weighted by molar-refractivity contribution is 7.09. The number of carbonyl (C=O) groups is 2. The number of hydrogen-bond acceptors (Lipinski definition) is 4. The molecule has 0 spiro atoms. The number of fused-ring (bicyclic) bond motifs is 1. The van der Waals surface area contributed by atoms with Gasteiger partial charge in [0.2, 0.25) is 11.8 Å². The molecule has 2 aromatic heterocycles. The Morgan fingerprint density at radius 2 is 2.24 bits per heavy atom. The second-order valence-electron chi connectivity index (χ2n) is 6.85. The van der Waals surface area contributed by atoms with Gasteiger partial charge in [-0.2, -0.15) is 5.10 Å². The number of nitrogens with zero attached hydrogens (tertiary/aromatic N) is 3. The number of nitrogens with one attached hydrogen (secondary N) is 1. The van der Waals surface area contributed by atoms with E-state index in [0.717, 1.165) is 10.6 Å². The maximum absolute atomic E-state index is 12.4. The van der Waals surface area contributed by atoms with Crippen LogP contribution in [0.15, 0.2) is 29.8 Å². The van der Waals surface area contributed by atoms with E-state index >= 15 is 0 Å². The van der Waals surface area contributed by atoms with E-state index in [4.69, 9.17) is 0 Å². The van der Waals surface area contributed by atoms with Crippen molar-refractivity contribution in [2.75, 3.05) is 6.54 Å². The minimum Gasteiger partial charge on any atom is -0.351 e. The normalized spacial score (nSPS) is 16.8. The lowest BCUT2D eigenvalue weighted by molar-refractivity contribution is -0.135. The summed E-state index contributed by atoms with van der Waals surface area (Å²) in [5.41, 5.74) is 0.986. The fraction of sp³-hybridized carbons (Fsp3) is 0.500. The highest BCUT2D eigenvalue weighted by Crippen LogP contribution is 2.24. The zero-order valence-electron chi connectivity index (χ0n) is 14.6. The molecule has 0 saturated heterocycles. The average molecular weight is 360 g/mol. The molecule has 0 saturated carbocycles. The van der Waals surface area contributed by atoms with E-state index in [9.17, 15) is 9.59 Å². The van der Waals surface area contributed by atoms with E-state index in [1.54, 1.807) is 17.5 Å². The van der Waals surface area contributed by atoms with E-state index in [0.29, 0.717) is 38.4 Å². The highest BCUT2D eigenvalue weighted by atomic mass is 32.1. The van der Waals surface area contributed by atoms with Crippen molar-refractivity contribution in [3.63, 3.8) is 0 Å². The molecular weight excluding hydrogens is 336 g/mol. The fourth-order valence-corrected chi connectivity index (χ4v) is 3.74. The van der Waals surface area contributed by atoms with E-state index in [-0.39, 0.29) is 17.9 Å². The standard InChI is InChI=1S/C18H24N4O2S/c1-13(2)8-18(24)21-11-14-5-6-20-22(14)15(12-21)9-17(23)19-10-16-4-3-7-25-16/h3-7,13,15H,8-12H2,1-2H3,(H,19,23). The largest absolute Gasteiger partial charge is 0.351 e. The number of aromatic nitrogens is 2. The topological polar surface area (TPSA) is 67.2 Å². The molecule has 0 aromatic carbocycles. The Kier molecular flexibility index (Phi) is 5.53. The maximum Gasteiger partial charge on any atom is 0.223 e. The molecule has 0 aliphatic carbocycles. The van der Waals surface area contributed by atoms with Gasteiger partial charge in [-0.05, 0) is 23.4 Å². The first-order valence-corrected chi connectivity index (χ1v) is 9.50. The van der Waals surface area contributed by atoms with E-state index in [1.165, 1.54) is 0 Å². The van der Waals surface area contributed by atoms with Gasteiger partial charge in [0.25, 0.3) is 0 Å². The first-order chi connectivity index (χ1) is 12.0. The predicted octanol–water partition coefficient (Wildman–Crippen LogP) is 2.58. The SMILES string of the molecule is CC(C)CC(=O)N1Cc2ccnn2C(CC(=O)NCc2cccs2)C1. The Labute approximate surface area is 151 Å². The van der Waals surface area contributed by atoms with Crippen molar-refractivity contribution in [3.8, 4) is 0 Å². The van der Waals surface area contributed by atoms with Gasteiger partial charge in [0.05, 0.1) is 31.2 Å². The summed E-state index contributed by atoms with van der Waals surface area (Å²) in [6.07, 6.45) is 2.60. The summed E-state index contributed by atoms with van der Waals surface area (Å²) in [7, 11) is 0. The maximum atomic E-state index is 12.4. The van der Waals surface area contributed by atoms with Crippen molar-refractivity contribution >= 4 is 23.2 Å². The van der Waals surface area contributed by atoms with Gasteiger partial charge < -0.3 is 10.2 Å². The van der Waals surface area contributed by atoms with E-state index in [2.05, 4.69) is 10.4 Å². The van der Waals surface area contributed by atoms with Crippen LogP contribution in [-0.2, 0) is 22.7 Å². The number of thiophene rings is 1. The third-order valence-corrected chi connectivity index (χ3v) is 5.15. The molecule has 0 bridgehead atoms. The zero-order chi connectivity index (χ0) is 17.8. The van der Waals surface area contributed by atoms with Gasteiger partial charge in [-0.25, -0.2) is 0 Å². The Hall–Kier alpha value is -2.15. The summed E-state index contributed by atoms with van der Waals surface area (Å²) in [5, 5.41) is 9.31. The third kappa shape index (κ3) is 4.48. The lowest BCUT2D eigenvalue weighted by Gasteiger charge is -2.34. The van der Waals surface area contributed by atoms with Crippen LogP contribution in [-0.4, -0.2) is 33.0 Å². The van der Waals surface area contributed by atoms with E-state index in [1.807, 2.05) is 47.0 Å². The molecule has 7 heteroatoms. The Balaban J connectivity index is 1.63. The molecule has 3 rings (SSSR count). The minimum atomic E-state index is -0.113. The van der Waals surface area contributed by atoms with Crippen molar-refractivity contribution in [1.82, 2.24) is 20.0 Å². The summed E-state index contributed by atoms with van der Waals surface area (Å²) >= 11 is 1.63. The van der Waals surface area contributed by atoms with Gasteiger partial charge in [0.1, 0.15) is 0 Å². The van der Waals surface area contributed by atoms with Crippen LogP contribution >= 0.6 is 11.3 Å². The Morgan fingerprint density at radius 1 is 1.40 bits per heavy atom. The summed E-state index contributed by atoms with van der Waals surface area (Å²) < 4.78 is 1.89. The molecule has 1 aliphatic rings. The lowest BCUT2D eigenvalue weighted by atomic mass is 10.1. The summed E-state index contributed by atoms with van der Waals surface area (Å²) in [6, 6.07) is 5.79. The van der Waals surface area contributed by atoms with Crippen LogP contribution < -0.4 is 5.32 Å². The molecular formula is C18H24N4O2S. The van der Waals surface area contributed by atoms with Crippen LogP contribution in [0.4, 0.5) is 0 Å². The molecule has 134 valence electrons. The van der Waals surface area contributed by atoms with Crippen LogP contribution in [0.25, 0.3) is 0 Å². The van der Waals surface area contributed by atoms with Crippen molar-refractivity contribution < 1.29 is 9.59 Å². The van der Waals surface area contributed by atoms with Crippen LogP contribution in [0, 0.1) is 5.92 Å². The predicted molar refractivity (Wildman–Crippen MR) is 96.9 cm³/mol. The quantitative estimate of drug-likeness (QED) is 0.861. The second kappa shape index (κ2) is 7.82. The number of carbonyl (C=O) groups excluding carboxylic acids is 2. The highest BCUT2D eigenvalue weighted by Gasteiger charge is 2.30. The van der Waals surface area contributed by atoms with Crippen LogP contribution in [0.5, 0.6) is 0 Å². The fourth-order valence-electron chi connectivity index (χ4n) is 3.09. The Morgan fingerprint density at radius 3 is 2.96 bits per heavy atom. The molecule has 0 fully saturated rings. The molecule has 3 heterocycles. The Bertz CT molecular complexity index is 723.